The lowest BCUT2D eigenvalue weighted by Gasteiger charge is -2.03. The number of H-pyrrole nitrogens is 2. The second kappa shape index (κ2) is 12.8. The number of rotatable bonds is 15. The average molecular weight is 420 g/mol. The molecular weight excluding hydrogens is 382 g/mol. The van der Waals surface area contributed by atoms with E-state index in [1.54, 1.807) is 0 Å². The first-order chi connectivity index (χ1) is 15.3. The number of allylic oxidation sites excluding steroid dienone is 3. The minimum Gasteiger partial charge on any atom is -0.491 e. The molecule has 0 atom stereocenters. The van der Waals surface area contributed by atoms with Gasteiger partial charge >= 0.3 is 0 Å². The van der Waals surface area contributed by atoms with Gasteiger partial charge in [0.05, 0.1) is 29.4 Å². The highest BCUT2D eigenvalue weighted by Crippen LogP contribution is 2.29. The number of unbranched alkanes of at least 4 members (excludes halogenated alkanes) is 7. The quantitative estimate of drug-likeness (QED) is 0.224. The van der Waals surface area contributed by atoms with E-state index in [0.717, 1.165) is 47.8 Å². The van der Waals surface area contributed by atoms with E-state index >= 15 is 0 Å². The van der Waals surface area contributed by atoms with Crippen LogP contribution in [0.25, 0.3) is 17.5 Å². The maximum atomic E-state index is 5.97. The van der Waals surface area contributed by atoms with Crippen LogP contribution >= 0.6 is 0 Å². The van der Waals surface area contributed by atoms with Crippen molar-refractivity contribution in [3.8, 4) is 17.1 Å². The Morgan fingerprint density at radius 1 is 1.03 bits per heavy atom. The van der Waals surface area contributed by atoms with Crippen LogP contribution in [0.5, 0.6) is 5.75 Å². The molecule has 2 aromatic rings. The van der Waals surface area contributed by atoms with Crippen LogP contribution < -0.4 is 4.74 Å². The van der Waals surface area contributed by atoms with Gasteiger partial charge in [-0.05, 0) is 62.5 Å². The zero-order valence-electron chi connectivity index (χ0n) is 19.0. The zero-order chi connectivity index (χ0) is 21.7. The standard InChI is InChI=1S/C27H37N3O/c1-3-5-6-7-8-9-10-11-12-14-22-16-17-23(29-22)20-26-27(31-19-4-2)21-25(30-26)24-15-13-18-28-24/h3,13,15-18,20-21,28,30H,1,4-12,14,19H2,2H3. The molecule has 1 aliphatic heterocycles. The third-order valence-corrected chi connectivity index (χ3v) is 5.51. The Morgan fingerprint density at radius 2 is 1.84 bits per heavy atom. The monoisotopic (exact) mass is 419 g/mol. The van der Waals surface area contributed by atoms with E-state index in [9.17, 15) is 0 Å². The first-order valence-corrected chi connectivity index (χ1v) is 11.9. The predicted octanol–water partition coefficient (Wildman–Crippen LogP) is 7.85. The van der Waals surface area contributed by atoms with Crippen molar-refractivity contribution in [1.29, 1.82) is 0 Å². The summed E-state index contributed by atoms with van der Waals surface area (Å²) in [5, 5.41) is 0. The topological polar surface area (TPSA) is 53.2 Å². The molecule has 2 aromatic heterocycles. The van der Waals surface area contributed by atoms with Crippen molar-refractivity contribution in [2.45, 2.75) is 71.1 Å². The van der Waals surface area contributed by atoms with E-state index < -0.39 is 0 Å². The maximum Gasteiger partial charge on any atom is 0.144 e. The SMILES string of the molecule is C=CCCCCCCCCCC1=NC(=Cc2[nH]c(-c3ccc[nH]3)cc2OCCC)C=C1. The summed E-state index contributed by atoms with van der Waals surface area (Å²) in [5.41, 5.74) is 5.22. The summed E-state index contributed by atoms with van der Waals surface area (Å²) in [5.74, 6) is 0.879. The molecule has 0 aliphatic carbocycles. The van der Waals surface area contributed by atoms with Crippen molar-refractivity contribution in [3.05, 3.63) is 60.6 Å². The Morgan fingerprint density at radius 3 is 2.58 bits per heavy atom. The van der Waals surface area contributed by atoms with Crippen LogP contribution in [0.2, 0.25) is 0 Å². The molecule has 4 heteroatoms. The summed E-state index contributed by atoms with van der Waals surface area (Å²) in [6, 6.07) is 6.12. The minimum absolute atomic E-state index is 0.705. The van der Waals surface area contributed by atoms with Gasteiger partial charge in [0.15, 0.2) is 0 Å². The van der Waals surface area contributed by atoms with E-state index in [1.165, 1.54) is 50.7 Å². The predicted molar refractivity (Wildman–Crippen MR) is 133 cm³/mol. The molecule has 0 fully saturated rings. The Bertz CT molecular complexity index is 884. The first kappa shape index (κ1) is 22.9. The highest BCUT2D eigenvalue weighted by molar-refractivity contribution is 5.99. The van der Waals surface area contributed by atoms with Crippen LogP contribution in [0.3, 0.4) is 0 Å². The number of hydrogen-bond donors (Lipinski definition) is 2. The molecule has 2 N–H and O–H groups in total. The third-order valence-electron chi connectivity index (χ3n) is 5.51. The number of aromatic nitrogens is 2. The molecule has 0 amide bonds. The molecule has 0 saturated heterocycles. The molecule has 0 radical (unpaired) electrons. The number of aromatic amines is 2. The van der Waals surface area contributed by atoms with E-state index in [1.807, 2.05) is 18.3 Å². The van der Waals surface area contributed by atoms with Crippen LogP contribution in [0, 0.1) is 0 Å². The minimum atomic E-state index is 0.705. The summed E-state index contributed by atoms with van der Waals surface area (Å²) in [4.78, 5) is 11.5. The Kier molecular flexibility index (Phi) is 9.49. The molecular formula is C27H37N3O. The molecule has 0 spiro atoms. The molecule has 0 aromatic carbocycles. The van der Waals surface area contributed by atoms with Crippen LogP contribution in [0.15, 0.2) is 59.9 Å². The summed E-state index contributed by atoms with van der Waals surface area (Å²) >= 11 is 0. The smallest absolute Gasteiger partial charge is 0.144 e. The van der Waals surface area contributed by atoms with Gasteiger partial charge in [-0.15, -0.1) is 6.58 Å². The molecule has 31 heavy (non-hydrogen) atoms. The van der Waals surface area contributed by atoms with Gasteiger partial charge in [-0.2, -0.15) is 0 Å². The molecule has 4 nitrogen and oxygen atoms in total. The fourth-order valence-electron chi connectivity index (χ4n) is 3.80. The normalized spacial score (nSPS) is 14.4. The number of nitrogens with zero attached hydrogens (tertiary/aromatic N) is 1. The number of hydrogen-bond acceptors (Lipinski definition) is 2. The largest absolute Gasteiger partial charge is 0.491 e. The lowest BCUT2D eigenvalue weighted by atomic mass is 10.1. The molecule has 3 heterocycles. The van der Waals surface area contributed by atoms with Crippen LogP contribution in [-0.4, -0.2) is 22.3 Å². The van der Waals surface area contributed by atoms with Gasteiger partial charge in [-0.3, -0.25) is 4.99 Å². The number of ether oxygens (including phenoxy) is 1. The zero-order valence-corrected chi connectivity index (χ0v) is 19.0. The second-order valence-corrected chi connectivity index (χ2v) is 8.20. The molecule has 0 bridgehead atoms. The first-order valence-electron chi connectivity index (χ1n) is 11.9. The van der Waals surface area contributed by atoms with Crippen molar-refractivity contribution in [2.75, 3.05) is 6.61 Å². The molecule has 3 rings (SSSR count). The van der Waals surface area contributed by atoms with E-state index in [2.05, 4.69) is 53.8 Å². The van der Waals surface area contributed by atoms with Gasteiger partial charge in [0, 0.05) is 18.0 Å². The number of nitrogens with one attached hydrogen (secondary N) is 2. The van der Waals surface area contributed by atoms with E-state index in [4.69, 9.17) is 9.73 Å². The summed E-state index contributed by atoms with van der Waals surface area (Å²) < 4.78 is 5.97. The van der Waals surface area contributed by atoms with Gasteiger partial charge in [-0.25, -0.2) is 0 Å². The average Bonchev–Trinajstić information content (AvgIpc) is 3.53. The Balaban J connectivity index is 1.50. The van der Waals surface area contributed by atoms with E-state index in [-0.39, 0.29) is 0 Å². The summed E-state index contributed by atoms with van der Waals surface area (Å²) in [6.07, 6.45) is 22.7. The lowest BCUT2D eigenvalue weighted by molar-refractivity contribution is 0.317. The van der Waals surface area contributed by atoms with Crippen LogP contribution in [0.4, 0.5) is 0 Å². The molecule has 0 saturated carbocycles. The lowest BCUT2D eigenvalue weighted by Crippen LogP contribution is -1.95. The van der Waals surface area contributed by atoms with Crippen molar-refractivity contribution in [1.82, 2.24) is 9.97 Å². The summed E-state index contributed by atoms with van der Waals surface area (Å²) in [7, 11) is 0. The fraction of sp³-hybridized carbons (Fsp3) is 0.444. The molecule has 0 unspecified atom stereocenters. The van der Waals surface area contributed by atoms with E-state index in [0.29, 0.717) is 6.61 Å². The maximum absolute atomic E-state index is 5.97. The highest BCUT2D eigenvalue weighted by Gasteiger charge is 2.12. The Hall–Kier alpha value is -2.75. The van der Waals surface area contributed by atoms with Crippen molar-refractivity contribution in [2.24, 2.45) is 4.99 Å². The fourth-order valence-corrected chi connectivity index (χ4v) is 3.80. The Labute approximate surface area is 187 Å². The van der Waals surface area contributed by atoms with Gasteiger partial charge in [-0.1, -0.05) is 45.1 Å². The molecule has 166 valence electrons. The van der Waals surface area contributed by atoms with Gasteiger partial charge in [0.2, 0.25) is 0 Å². The van der Waals surface area contributed by atoms with Crippen LogP contribution in [0.1, 0.15) is 76.8 Å². The summed E-state index contributed by atoms with van der Waals surface area (Å²) in [6.45, 7) is 6.61. The van der Waals surface area contributed by atoms with Crippen molar-refractivity contribution in [3.63, 3.8) is 0 Å². The van der Waals surface area contributed by atoms with Gasteiger partial charge in [0.25, 0.3) is 0 Å². The van der Waals surface area contributed by atoms with Gasteiger partial charge in [0.1, 0.15) is 5.75 Å². The highest BCUT2D eigenvalue weighted by atomic mass is 16.5. The van der Waals surface area contributed by atoms with Crippen molar-refractivity contribution >= 4 is 11.8 Å². The van der Waals surface area contributed by atoms with Crippen molar-refractivity contribution < 1.29 is 4.74 Å². The molecule has 1 aliphatic rings. The second-order valence-electron chi connectivity index (χ2n) is 8.20. The van der Waals surface area contributed by atoms with Crippen LogP contribution in [-0.2, 0) is 0 Å². The third kappa shape index (κ3) is 7.46. The van der Waals surface area contributed by atoms with Gasteiger partial charge < -0.3 is 14.7 Å². The number of aliphatic imine (C=N–C) groups is 1.